The number of hydrogen-bond acceptors (Lipinski definition) is 1. The molecule has 0 aromatic heterocycles. The van der Waals surface area contributed by atoms with Gasteiger partial charge in [0.15, 0.2) is 0 Å². The molecule has 4 rings (SSSR count). The van der Waals surface area contributed by atoms with Crippen LogP contribution in [0.25, 0.3) is 5.57 Å². The second-order valence-corrected chi connectivity index (χ2v) is 10.7. The first kappa shape index (κ1) is 30.6. The Morgan fingerprint density at radius 1 is 0.973 bits per heavy atom. The fourth-order valence-electron chi connectivity index (χ4n) is 5.43. The number of aliphatic imine (C=N–C) groups is 1. The molecule has 1 spiro atoms. The summed E-state index contributed by atoms with van der Waals surface area (Å²) < 4.78 is 0. The number of rotatable bonds is 7. The van der Waals surface area contributed by atoms with E-state index in [0.717, 1.165) is 17.7 Å². The Hall–Kier alpha value is -2.67. The van der Waals surface area contributed by atoms with Gasteiger partial charge in [-0.15, -0.1) is 0 Å². The predicted octanol–water partition coefficient (Wildman–Crippen LogP) is 10.9. The fourth-order valence-corrected chi connectivity index (χ4v) is 5.43. The van der Waals surface area contributed by atoms with Crippen molar-refractivity contribution in [3.8, 4) is 0 Å². The second kappa shape index (κ2) is 14.9. The lowest BCUT2D eigenvalue weighted by Crippen LogP contribution is -2.38. The van der Waals surface area contributed by atoms with Gasteiger partial charge in [0.1, 0.15) is 0 Å². The number of benzene rings is 2. The molecule has 2 aliphatic carbocycles. The van der Waals surface area contributed by atoms with Crippen LogP contribution < -0.4 is 0 Å². The van der Waals surface area contributed by atoms with Gasteiger partial charge in [0.25, 0.3) is 0 Å². The van der Waals surface area contributed by atoms with Crippen molar-refractivity contribution in [3.63, 3.8) is 0 Å². The maximum Gasteiger partial charge on any atom is 0.0593 e. The number of aryl methyl sites for hydroxylation is 1. The third kappa shape index (κ3) is 7.91. The molecule has 0 unspecified atom stereocenters. The minimum absolute atomic E-state index is 0.413. The summed E-state index contributed by atoms with van der Waals surface area (Å²) in [6.45, 7) is 19.0. The van der Waals surface area contributed by atoms with Crippen LogP contribution in [0.15, 0.2) is 83.4 Å². The normalized spacial score (nSPS) is 16.5. The van der Waals surface area contributed by atoms with Crippen LogP contribution in [0.4, 0.5) is 0 Å². The van der Waals surface area contributed by atoms with Gasteiger partial charge in [-0.2, -0.15) is 0 Å². The Morgan fingerprint density at radius 2 is 1.49 bits per heavy atom. The molecule has 0 amide bonds. The summed E-state index contributed by atoms with van der Waals surface area (Å²) in [5.41, 5.74) is 11.3. The molecular weight excluding hydrogens is 446 g/mol. The molecule has 0 heterocycles. The SMILES string of the molecule is C=C(C[C@H](C)c1ccc(C(=C2CC3(CCC3)C2)c2ccc(C)cc2)cc1)C(/C=C\C)=NC.CC.CCC. The van der Waals surface area contributed by atoms with E-state index in [1.165, 1.54) is 66.4 Å². The lowest BCUT2D eigenvalue weighted by molar-refractivity contribution is 0.0814. The third-order valence-electron chi connectivity index (χ3n) is 7.53. The van der Waals surface area contributed by atoms with Crippen molar-refractivity contribution in [2.75, 3.05) is 7.05 Å². The zero-order valence-electron chi connectivity index (χ0n) is 25.0. The molecule has 2 saturated carbocycles. The maximum atomic E-state index is 4.38. The molecule has 0 radical (unpaired) electrons. The van der Waals surface area contributed by atoms with Gasteiger partial charge in [-0.3, -0.25) is 4.99 Å². The van der Waals surface area contributed by atoms with Gasteiger partial charge in [0.2, 0.25) is 0 Å². The lowest BCUT2D eigenvalue weighted by atomic mass is 9.53. The first-order chi connectivity index (χ1) is 17.9. The average Bonchev–Trinajstić information content (AvgIpc) is 2.86. The van der Waals surface area contributed by atoms with Crippen molar-refractivity contribution >= 4 is 11.3 Å². The third-order valence-corrected chi connectivity index (χ3v) is 7.53. The Balaban J connectivity index is 0.000000898. The molecule has 2 fully saturated rings. The lowest BCUT2D eigenvalue weighted by Gasteiger charge is -2.52. The summed E-state index contributed by atoms with van der Waals surface area (Å²) in [7, 11) is 1.84. The predicted molar refractivity (Wildman–Crippen MR) is 167 cm³/mol. The van der Waals surface area contributed by atoms with Gasteiger partial charge >= 0.3 is 0 Å². The number of hydrogen-bond donors (Lipinski definition) is 0. The van der Waals surface area contributed by atoms with E-state index >= 15 is 0 Å². The van der Waals surface area contributed by atoms with Gasteiger partial charge in [-0.25, -0.2) is 0 Å². The van der Waals surface area contributed by atoms with Gasteiger partial charge < -0.3 is 0 Å². The molecule has 0 bridgehead atoms. The highest BCUT2D eigenvalue weighted by molar-refractivity contribution is 6.07. The van der Waals surface area contributed by atoms with Gasteiger partial charge in [-0.05, 0) is 91.2 Å². The van der Waals surface area contributed by atoms with Crippen LogP contribution >= 0.6 is 0 Å². The Morgan fingerprint density at radius 3 is 1.92 bits per heavy atom. The van der Waals surface area contributed by atoms with E-state index in [9.17, 15) is 0 Å². The summed E-state index contributed by atoms with van der Waals surface area (Å²) in [4.78, 5) is 4.38. The minimum atomic E-state index is 0.413. The molecule has 2 aromatic carbocycles. The molecular formula is C36H51N. The van der Waals surface area contributed by atoms with Gasteiger partial charge in [0, 0.05) is 7.05 Å². The van der Waals surface area contributed by atoms with Crippen molar-refractivity contribution in [1.82, 2.24) is 0 Å². The topological polar surface area (TPSA) is 12.4 Å². The van der Waals surface area contributed by atoms with E-state index in [1.54, 1.807) is 5.57 Å². The molecule has 37 heavy (non-hydrogen) atoms. The fraction of sp³-hybridized carbons (Fsp3) is 0.472. The highest BCUT2D eigenvalue weighted by Crippen LogP contribution is 2.60. The van der Waals surface area contributed by atoms with Crippen LogP contribution in [0.5, 0.6) is 0 Å². The highest BCUT2D eigenvalue weighted by atomic mass is 14.7. The molecule has 1 heteroatoms. The maximum absolute atomic E-state index is 4.38. The van der Waals surface area contributed by atoms with E-state index in [1.807, 2.05) is 40.0 Å². The Bertz CT molecular complexity index is 1060. The first-order valence-corrected chi connectivity index (χ1v) is 14.5. The molecule has 1 nitrogen and oxygen atoms in total. The van der Waals surface area contributed by atoms with Crippen molar-refractivity contribution < 1.29 is 0 Å². The van der Waals surface area contributed by atoms with Crippen LogP contribution in [0.1, 0.15) is 115 Å². The van der Waals surface area contributed by atoms with Crippen LogP contribution in [-0.2, 0) is 0 Å². The van der Waals surface area contributed by atoms with Gasteiger partial charge in [0.05, 0.1) is 5.71 Å². The van der Waals surface area contributed by atoms with Gasteiger partial charge in [-0.1, -0.05) is 120 Å². The summed E-state index contributed by atoms with van der Waals surface area (Å²) in [5, 5.41) is 0. The monoisotopic (exact) mass is 497 g/mol. The Labute approximate surface area is 228 Å². The van der Waals surface area contributed by atoms with Crippen LogP contribution in [-0.4, -0.2) is 12.8 Å². The summed E-state index contributed by atoms with van der Waals surface area (Å²) in [6.07, 6.45) is 13.1. The minimum Gasteiger partial charge on any atom is -0.288 e. The molecule has 200 valence electrons. The second-order valence-electron chi connectivity index (χ2n) is 10.7. The zero-order valence-corrected chi connectivity index (χ0v) is 25.0. The smallest absolute Gasteiger partial charge is 0.0593 e. The molecule has 0 saturated heterocycles. The quantitative estimate of drug-likeness (QED) is 0.337. The van der Waals surface area contributed by atoms with E-state index in [0.29, 0.717) is 11.3 Å². The van der Waals surface area contributed by atoms with Crippen molar-refractivity contribution in [1.29, 1.82) is 0 Å². The highest BCUT2D eigenvalue weighted by Gasteiger charge is 2.46. The first-order valence-electron chi connectivity index (χ1n) is 14.5. The van der Waals surface area contributed by atoms with E-state index in [-0.39, 0.29) is 0 Å². The van der Waals surface area contributed by atoms with Crippen LogP contribution in [0.2, 0.25) is 0 Å². The van der Waals surface area contributed by atoms with E-state index in [4.69, 9.17) is 0 Å². The van der Waals surface area contributed by atoms with Crippen molar-refractivity contribution in [2.45, 2.75) is 99.3 Å². The van der Waals surface area contributed by atoms with E-state index < -0.39 is 0 Å². The number of nitrogens with zero attached hydrogens (tertiary/aromatic N) is 1. The molecule has 0 aliphatic heterocycles. The molecule has 2 aliphatic rings. The van der Waals surface area contributed by atoms with Crippen molar-refractivity contribution in [3.05, 3.63) is 101 Å². The standard InChI is InChI=1S/C31H37N.C3H8.C2H6/c1-6-8-29(32-5)24(4)19-23(3)25-13-15-27(16-14-25)30(26-11-9-22(2)10-12-26)28-20-31(21-28)17-7-18-31;1-3-2;1-2/h6,8-16,23H,4,7,17-21H2,1-3,5H3;3H2,1-2H3;1-2H3/b8-6-,32-29?;;/t23-;;/m0../s1. The van der Waals surface area contributed by atoms with Crippen LogP contribution in [0, 0.1) is 12.3 Å². The van der Waals surface area contributed by atoms with Crippen LogP contribution in [0.3, 0.4) is 0 Å². The largest absolute Gasteiger partial charge is 0.288 e. The van der Waals surface area contributed by atoms with E-state index in [2.05, 4.69) is 87.8 Å². The Kier molecular flexibility index (Phi) is 12.3. The zero-order chi connectivity index (χ0) is 27.4. The number of allylic oxidation sites excluding steroid dienone is 4. The molecule has 2 aromatic rings. The average molecular weight is 498 g/mol. The molecule has 1 atom stereocenters. The summed E-state index contributed by atoms with van der Waals surface area (Å²) in [5.74, 6) is 0.413. The summed E-state index contributed by atoms with van der Waals surface area (Å²) >= 11 is 0. The molecule has 0 N–H and O–H groups in total. The van der Waals surface area contributed by atoms with Crippen molar-refractivity contribution in [2.24, 2.45) is 10.4 Å². The summed E-state index contributed by atoms with van der Waals surface area (Å²) in [6, 6.07) is 18.4.